The summed E-state index contributed by atoms with van der Waals surface area (Å²) in [7, 11) is 2.11. The summed E-state index contributed by atoms with van der Waals surface area (Å²) in [6.07, 6.45) is 3.57. The van der Waals surface area contributed by atoms with Crippen LogP contribution >= 0.6 is 0 Å². The minimum absolute atomic E-state index is 0.108. The first-order valence-electron chi connectivity index (χ1n) is 6.82. The number of nitrogens with zero attached hydrogens (tertiary/aromatic N) is 2. The molecule has 1 aromatic carbocycles. The maximum Gasteiger partial charge on any atom is 0.246 e. The van der Waals surface area contributed by atoms with E-state index in [1.807, 2.05) is 41.3 Å². The van der Waals surface area contributed by atoms with Crippen LogP contribution in [-0.4, -0.2) is 47.9 Å². The summed E-state index contributed by atoms with van der Waals surface area (Å²) >= 11 is 0. The lowest BCUT2D eigenvalue weighted by atomic mass is 10.1. The van der Waals surface area contributed by atoms with Crippen molar-refractivity contribution in [3.63, 3.8) is 0 Å². The van der Waals surface area contributed by atoms with Gasteiger partial charge in [-0.1, -0.05) is 30.3 Å². The number of likely N-dealkylation sites (N-methyl/N-ethyl adjacent to an activating group) is 1. The van der Waals surface area contributed by atoms with E-state index in [0.717, 1.165) is 18.7 Å². The van der Waals surface area contributed by atoms with E-state index in [1.165, 1.54) is 0 Å². The molecule has 0 N–H and O–H groups in total. The normalized spacial score (nSPS) is 24.9. The summed E-state index contributed by atoms with van der Waals surface area (Å²) in [6, 6.07) is 10.6. The molecular weight excluding hydrogens is 236 g/mol. The number of hydrogen-bond acceptors (Lipinski definition) is 2. The molecule has 0 spiro atoms. The molecule has 0 unspecified atom stereocenters. The fourth-order valence-corrected chi connectivity index (χ4v) is 2.43. The van der Waals surface area contributed by atoms with Gasteiger partial charge in [0.05, 0.1) is 0 Å². The number of rotatable bonds is 2. The second-order valence-electron chi connectivity index (χ2n) is 5.37. The average molecular weight is 258 g/mol. The minimum Gasteiger partial charge on any atom is -0.334 e. The first kappa shape index (κ1) is 13.8. The highest BCUT2D eigenvalue weighted by atomic mass is 16.2. The average Bonchev–Trinajstić information content (AvgIpc) is 2.41. The van der Waals surface area contributed by atoms with E-state index < -0.39 is 0 Å². The summed E-state index contributed by atoms with van der Waals surface area (Å²) in [5, 5.41) is 0. The van der Waals surface area contributed by atoms with Gasteiger partial charge >= 0.3 is 0 Å². The van der Waals surface area contributed by atoms with Gasteiger partial charge in [-0.15, -0.1) is 0 Å². The summed E-state index contributed by atoms with van der Waals surface area (Å²) in [4.78, 5) is 16.5. The minimum atomic E-state index is 0.108. The Kier molecular flexibility index (Phi) is 4.38. The Morgan fingerprint density at radius 3 is 2.53 bits per heavy atom. The molecule has 1 saturated heterocycles. The van der Waals surface area contributed by atoms with Crippen LogP contribution in [0.3, 0.4) is 0 Å². The zero-order chi connectivity index (χ0) is 13.8. The smallest absolute Gasteiger partial charge is 0.246 e. The molecule has 0 aliphatic carbocycles. The van der Waals surface area contributed by atoms with Crippen molar-refractivity contribution in [1.29, 1.82) is 0 Å². The van der Waals surface area contributed by atoms with Crippen LogP contribution in [0.1, 0.15) is 19.4 Å². The van der Waals surface area contributed by atoms with Crippen molar-refractivity contribution in [2.75, 3.05) is 20.1 Å². The molecule has 1 amide bonds. The third-order valence-electron chi connectivity index (χ3n) is 3.80. The summed E-state index contributed by atoms with van der Waals surface area (Å²) < 4.78 is 0. The highest BCUT2D eigenvalue weighted by Gasteiger charge is 2.28. The summed E-state index contributed by atoms with van der Waals surface area (Å²) in [5.74, 6) is 0.108. The van der Waals surface area contributed by atoms with Crippen LogP contribution in [-0.2, 0) is 4.79 Å². The van der Waals surface area contributed by atoms with E-state index >= 15 is 0 Å². The van der Waals surface area contributed by atoms with Gasteiger partial charge in [-0.25, -0.2) is 0 Å². The zero-order valence-electron chi connectivity index (χ0n) is 11.9. The number of amides is 1. The maximum atomic E-state index is 12.3. The van der Waals surface area contributed by atoms with E-state index in [4.69, 9.17) is 0 Å². The highest BCUT2D eigenvalue weighted by Crippen LogP contribution is 2.14. The van der Waals surface area contributed by atoms with Crippen molar-refractivity contribution in [2.45, 2.75) is 25.9 Å². The molecule has 1 aliphatic heterocycles. The molecule has 3 nitrogen and oxygen atoms in total. The fourth-order valence-electron chi connectivity index (χ4n) is 2.43. The highest BCUT2D eigenvalue weighted by molar-refractivity contribution is 5.92. The predicted molar refractivity (Wildman–Crippen MR) is 78.7 cm³/mol. The third kappa shape index (κ3) is 3.44. The lowest BCUT2D eigenvalue weighted by Gasteiger charge is -2.42. The van der Waals surface area contributed by atoms with E-state index in [1.54, 1.807) is 6.08 Å². The number of benzene rings is 1. The standard InChI is InChI=1S/C16H22N2O/c1-13-12-18(14(2)11-17(13)3)16(19)10-9-15-7-5-4-6-8-15/h4-10,13-14H,11-12H2,1-3H3/t13-,14-/m1/s1. The van der Waals surface area contributed by atoms with Crippen molar-refractivity contribution in [3.8, 4) is 0 Å². The Labute approximate surface area is 115 Å². The molecule has 3 heteroatoms. The molecule has 0 saturated carbocycles. The van der Waals surface area contributed by atoms with Crippen LogP contribution < -0.4 is 0 Å². The molecule has 1 aliphatic rings. The van der Waals surface area contributed by atoms with Gasteiger partial charge in [-0.3, -0.25) is 9.69 Å². The van der Waals surface area contributed by atoms with Crippen LogP contribution in [0.2, 0.25) is 0 Å². The fraction of sp³-hybridized carbons (Fsp3) is 0.438. The SMILES string of the molecule is C[C@@H]1CN(C(=O)C=Cc2ccccc2)[C@H](C)CN1C. The third-order valence-corrected chi connectivity index (χ3v) is 3.80. The Balaban J connectivity index is 2.02. The van der Waals surface area contributed by atoms with Crippen molar-refractivity contribution in [2.24, 2.45) is 0 Å². The van der Waals surface area contributed by atoms with Crippen LogP contribution in [0.4, 0.5) is 0 Å². The summed E-state index contributed by atoms with van der Waals surface area (Å²) in [5.41, 5.74) is 1.06. The van der Waals surface area contributed by atoms with Crippen LogP contribution in [0, 0.1) is 0 Å². The zero-order valence-corrected chi connectivity index (χ0v) is 11.9. The monoisotopic (exact) mass is 258 g/mol. The molecule has 1 fully saturated rings. The van der Waals surface area contributed by atoms with Gasteiger partial charge < -0.3 is 4.90 Å². The van der Waals surface area contributed by atoms with E-state index in [0.29, 0.717) is 6.04 Å². The largest absolute Gasteiger partial charge is 0.334 e. The Morgan fingerprint density at radius 2 is 1.84 bits per heavy atom. The Morgan fingerprint density at radius 1 is 1.16 bits per heavy atom. The Hall–Kier alpha value is -1.61. The number of hydrogen-bond donors (Lipinski definition) is 0. The predicted octanol–water partition coefficient (Wildman–Crippen LogP) is 2.25. The number of carbonyl (C=O) groups is 1. The Bertz CT molecular complexity index is 455. The van der Waals surface area contributed by atoms with Crippen LogP contribution in [0.25, 0.3) is 6.08 Å². The van der Waals surface area contributed by atoms with Gasteiger partial charge in [0.15, 0.2) is 0 Å². The quantitative estimate of drug-likeness (QED) is 0.760. The van der Waals surface area contributed by atoms with Gasteiger partial charge in [0, 0.05) is 31.2 Å². The topological polar surface area (TPSA) is 23.6 Å². The van der Waals surface area contributed by atoms with Crippen molar-refractivity contribution >= 4 is 12.0 Å². The molecule has 1 aromatic rings. The van der Waals surface area contributed by atoms with E-state index in [9.17, 15) is 4.79 Å². The molecular formula is C16H22N2O. The molecule has 0 aromatic heterocycles. The summed E-state index contributed by atoms with van der Waals surface area (Å²) in [6.45, 7) is 6.01. The molecule has 0 bridgehead atoms. The number of carbonyl (C=O) groups excluding carboxylic acids is 1. The number of piperazine rings is 1. The van der Waals surface area contributed by atoms with E-state index in [2.05, 4.69) is 25.8 Å². The lowest BCUT2D eigenvalue weighted by Crippen LogP contribution is -2.56. The first-order valence-corrected chi connectivity index (χ1v) is 6.82. The molecule has 102 valence electrons. The van der Waals surface area contributed by atoms with Crippen LogP contribution in [0.15, 0.2) is 36.4 Å². The molecule has 0 radical (unpaired) electrons. The van der Waals surface area contributed by atoms with Crippen molar-refractivity contribution in [1.82, 2.24) is 9.80 Å². The molecule has 2 rings (SSSR count). The van der Waals surface area contributed by atoms with Gasteiger partial charge in [0.2, 0.25) is 5.91 Å². The van der Waals surface area contributed by atoms with Gasteiger partial charge in [0.1, 0.15) is 0 Å². The van der Waals surface area contributed by atoms with E-state index in [-0.39, 0.29) is 11.9 Å². The van der Waals surface area contributed by atoms with Gasteiger partial charge in [-0.05, 0) is 32.5 Å². The molecule has 2 atom stereocenters. The van der Waals surface area contributed by atoms with Gasteiger partial charge in [-0.2, -0.15) is 0 Å². The first-order chi connectivity index (χ1) is 9.08. The van der Waals surface area contributed by atoms with Crippen LogP contribution in [0.5, 0.6) is 0 Å². The molecule has 19 heavy (non-hydrogen) atoms. The van der Waals surface area contributed by atoms with Crippen molar-refractivity contribution in [3.05, 3.63) is 42.0 Å². The van der Waals surface area contributed by atoms with Crippen molar-refractivity contribution < 1.29 is 4.79 Å². The second kappa shape index (κ2) is 6.02. The molecule has 1 heterocycles. The lowest BCUT2D eigenvalue weighted by molar-refractivity contribution is -0.131. The van der Waals surface area contributed by atoms with Gasteiger partial charge in [0.25, 0.3) is 0 Å². The maximum absolute atomic E-state index is 12.3. The second-order valence-corrected chi connectivity index (χ2v) is 5.37.